The second-order valence-electron chi connectivity index (χ2n) is 4.27. The number of halogens is 1. The second kappa shape index (κ2) is 5.33. The summed E-state index contributed by atoms with van der Waals surface area (Å²) in [5.41, 5.74) is 5.75. The Morgan fingerprint density at radius 3 is 2.82 bits per heavy atom. The van der Waals surface area contributed by atoms with Crippen molar-refractivity contribution in [1.82, 2.24) is 10.3 Å². The molecule has 1 saturated carbocycles. The summed E-state index contributed by atoms with van der Waals surface area (Å²) in [5, 5.41) is 12.1. The fraction of sp³-hybridized carbons (Fsp3) is 0.455. The van der Waals surface area contributed by atoms with Gasteiger partial charge in [0.05, 0.1) is 0 Å². The van der Waals surface area contributed by atoms with Gasteiger partial charge < -0.3 is 16.2 Å². The van der Waals surface area contributed by atoms with Gasteiger partial charge >= 0.3 is 0 Å². The maximum absolute atomic E-state index is 11.7. The third-order valence-electron chi connectivity index (χ3n) is 2.95. The smallest absolute Gasteiger partial charge is 0.273 e. The molecule has 17 heavy (non-hydrogen) atoms. The van der Waals surface area contributed by atoms with E-state index in [0.717, 1.165) is 19.3 Å². The Balaban J connectivity index is 0.00000144. The lowest BCUT2D eigenvalue weighted by atomic mass is 9.78. The molecule has 0 spiro atoms. The van der Waals surface area contributed by atoms with Crippen molar-refractivity contribution >= 4 is 18.3 Å². The minimum Gasteiger partial charge on any atom is -0.505 e. The van der Waals surface area contributed by atoms with Crippen molar-refractivity contribution in [2.75, 3.05) is 6.54 Å². The minimum atomic E-state index is -0.380. The first-order valence-electron chi connectivity index (χ1n) is 5.32. The van der Waals surface area contributed by atoms with Crippen molar-refractivity contribution in [3.05, 3.63) is 24.0 Å². The number of pyridine rings is 1. The molecule has 6 heteroatoms. The van der Waals surface area contributed by atoms with Crippen molar-refractivity contribution in [2.45, 2.75) is 24.8 Å². The van der Waals surface area contributed by atoms with E-state index in [1.54, 1.807) is 6.07 Å². The number of nitrogens with zero attached hydrogens (tertiary/aromatic N) is 1. The van der Waals surface area contributed by atoms with Crippen LogP contribution >= 0.6 is 12.4 Å². The summed E-state index contributed by atoms with van der Waals surface area (Å²) in [6.45, 7) is 0.432. The fourth-order valence-corrected chi connectivity index (χ4v) is 1.72. The predicted octanol–water partition coefficient (Wildman–Crippen LogP) is 0.820. The van der Waals surface area contributed by atoms with E-state index in [0.29, 0.717) is 6.54 Å². The van der Waals surface area contributed by atoms with Gasteiger partial charge in [-0.2, -0.15) is 0 Å². The van der Waals surface area contributed by atoms with Crippen LogP contribution < -0.4 is 11.1 Å². The molecule has 1 fully saturated rings. The largest absolute Gasteiger partial charge is 0.505 e. The standard InChI is InChI=1S/C11H15N3O2.ClH/c12-11(4-2-5-11)7-14-10(16)9-8(15)3-1-6-13-9;/h1,3,6,15H,2,4-5,7,12H2,(H,14,16);1H. The molecule has 0 unspecified atom stereocenters. The highest BCUT2D eigenvalue weighted by Gasteiger charge is 2.32. The fourth-order valence-electron chi connectivity index (χ4n) is 1.72. The van der Waals surface area contributed by atoms with Crippen LogP contribution in [-0.2, 0) is 0 Å². The highest BCUT2D eigenvalue weighted by Crippen LogP contribution is 2.28. The summed E-state index contributed by atoms with van der Waals surface area (Å²) in [6.07, 6.45) is 4.44. The number of nitrogens with two attached hydrogens (primary N) is 1. The van der Waals surface area contributed by atoms with Crippen LogP contribution in [0.5, 0.6) is 5.75 Å². The first-order chi connectivity index (χ1) is 7.61. The van der Waals surface area contributed by atoms with Gasteiger partial charge in [0.1, 0.15) is 5.75 Å². The van der Waals surface area contributed by atoms with Crippen LogP contribution in [0.25, 0.3) is 0 Å². The summed E-state index contributed by atoms with van der Waals surface area (Å²) in [7, 11) is 0. The number of hydrogen-bond acceptors (Lipinski definition) is 4. The number of carbonyl (C=O) groups excluding carboxylic acids is 1. The molecule has 1 aromatic rings. The van der Waals surface area contributed by atoms with Crippen molar-refractivity contribution in [2.24, 2.45) is 5.73 Å². The molecule has 94 valence electrons. The molecule has 0 atom stereocenters. The molecular formula is C11H16ClN3O2. The number of carbonyl (C=O) groups is 1. The molecule has 1 aliphatic carbocycles. The predicted molar refractivity (Wildman–Crippen MR) is 66.3 cm³/mol. The quantitative estimate of drug-likeness (QED) is 0.748. The van der Waals surface area contributed by atoms with Gasteiger partial charge in [0.15, 0.2) is 5.69 Å². The van der Waals surface area contributed by atoms with Gasteiger partial charge in [0, 0.05) is 18.3 Å². The van der Waals surface area contributed by atoms with Crippen LogP contribution in [0.2, 0.25) is 0 Å². The van der Waals surface area contributed by atoms with E-state index >= 15 is 0 Å². The molecule has 5 nitrogen and oxygen atoms in total. The number of hydrogen-bond donors (Lipinski definition) is 3. The van der Waals surface area contributed by atoms with E-state index in [1.165, 1.54) is 12.3 Å². The van der Waals surface area contributed by atoms with E-state index in [2.05, 4.69) is 10.3 Å². The Morgan fingerprint density at radius 1 is 1.59 bits per heavy atom. The van der Waals surface area contributed by atoms with Gasteiger partial charge in [0.25, 0.3) is 5.91 Å². The highest BCUT2D eigenvalue weighted by molar-refractivity contribution is 5.94. The lowest BCUT2D eigenvalue weighted by molar-refractivity contribution is 0.0922. The third kappa shape index (κ3) is 3.08. The van der Waals surface area contributed by atoms with Crippen LogP contribution in [0, 0.1) is 0 Å². The van der Waals surface area contributed by atoms with E-state index in [9.17, 15) is 9.90 Å². The first kappa shape index (κ1) is 13.7. The van der Waals surface area contributed by atoms with E-state index in [4.69, 9.17) is 5.73 Å². The molecular weight excluding hydrogens is 242 g/mol. The van der Waals surface area contributed by atoms with Crippen LogP contribution in [0.1, 0.15) is 29.8 Å². The molecule has 0 aliphatic heterocycles. The molecule has 1 aromatic heterocycles. The van der Waals surface area contributed by atoms with Gasteiger partial charge in [-0.25, -0.2) is 4.98 Å². The van der Waals surface area contributed by atoms with Gasteiger partial charge in [-0.15, -0.1) is 12.4 Å². The lowest BCUT2D eigenvalue weighted by Crippen LogP contribution is -2.55. The zero-order valence-corrected chi connectivity index (χ0v) is 10.2. The number of aromatic hydroxyl groups is 1. The lowest BCUT2D eigenvalue weighted by Gasteiger charge is -2.38. The van der Waals surface area contributed by atoms with E-state index in [-0.39, 0.29) is 35.3 Å². The topological polar surface area (TPSA) is 88.2 Å². The molecule has 0 radical (unpaired) electrons. The molecule has 2 rings (SSSR count). The third-order valence-corrected chi connectivity index (χ3v) is 2.95. The minimum absolute atomic E-state index is 0. The monoisotopic (exact) mass is 257 g/mol. The summed E-state index contributed by atoms with van der Waals surface area (Å²) in [4.78, 5) is 15.5. The molecule has 1 amide bonds. The first-order valence-corrected chi connectivity index (χ1v) is 5.32. The van der Waals surface area contributed by atoms with Crippen LogP contribution in [-0.4, -0.2) is 28.1 Å². The van der Waals surface area contributed by atoms with Gasteiger partial charge in [0.2, 0.25) is 0 Å². The summed E-state index contributed by atoms with van der Waals surface area (Å²) in [5.74, 6) is -0.491. The second-order valence-corrected chi connectivity index (χ2v) is 4.27. The average Bonchev–Trinajstić information content (AvgIpc) is 2.24. The zero-order chi connectivity index (χ0) is 11.6. The van der Waals surface area contributed by atoms with Crippen molar-refractivity contribution < 1.29 is 9.90 Å². The average molecular weight is 258 g/mol. The normalized spacial score (nSPS) is 16.5. The molecule has 0 saturated heterocycles. The molecule has 0 aromatic carbocycles. The van der Waals surface area contributed by atoms with Gasteiger partial charge in [-0.05, 0) is 31.4 Å². The Bertz CT molecular complexity index is 407. The maximum atomic E-state index is 11.7. The summed E-state index contributed by atoms with van der Waals surface area (Å²) < 4.78 is 0. The molecule has 4 N–H and O–H groups in total. The number of amides is 1. The SMILES string of the molecule is Cl.NC1(CNC(=O)c2ncccc2O)CCC1. The van der Waals surface area contributed by atoms with Crippen molar-refractivity contribution in [3.63, 3.8) is 0 Å². The Morgan fingerprint density at radius 2 is 2.29 bits per heavy atom. The van der Waals surface area contributed by atoms with Crippen molar-refractivity contribution in [3.8, 4) is 5.75 Å². The molecule has 1 aliphatic rings. The highest BCUT2D eigenvalue weighted by atomic mass is 35.5. The van der Waals surface area contributed by atoms with E-state index < -0.39 is 0 Å². The van der Waals surface area contributed by atoms with Gasteiger partial charge in [-0.1, -0.05) is 0 Å². The number of rotatable bonds is 3. The Labute approximate surface area is 106 Å². The van der Waals surface area contributed by atoms with E-state index in [1.807, 2.05) is 0 Å². The number of aromatic nitrogens is 1. The zero-order valence-electron chi connectivity index (χ0n) is 9.35. The number of nitrogens with one attached hydrogen (secondary N) is 1. The maximum Gasteiger partial charge on any atom is 0.273 e. The summed E-state index contributed by atoms with van der Waals surface area (Å²) in [6, 6.07) is 3.01. The molecule has 1 heterocycles. The Hall–Kier alpha value is -1.33. The van der Waals surface area contributed by atoms with Crippen LogP contribution in [0.4, 0.5) is 0 Å². The van der Waals surface area contributed by atoms with Crippen LogP contribution in [0.3, 0.4) is 0 Å². The van der Waals surface area contributed by atoms with Crippen LogP contribution in [0.15, 0.2) is 18.3 Å². The summed E-state index contributed by atoms with van der Waals surface area (Å²) >= 11 is 0. The molecule has 0 bridgehead atoms. The Kier molecular flexibility index (Phi) is 4.31. The van der Waals surface area contributed by atoms with Crippen molar-refractivity contribution in [1.29, 1.82) is 0 Å². The van der Waals surface area contributed by atoms with Gasteiger partial charge in [-0.3, -0.25) is 4.79 Å².